The van der Waals surface area contributed by atoms with Gasteiger partial charge in [-0.15, -0.1) is 24.0 Å². The number of benzene rings is 1. The van der Waals surface area contributed by atoms with Crippen LogP contribution in [0.15, 0.2) is 35.3 Å². The fourth-order valence-corrected chi connectivity index (χ4v) is 4.27. The molecule has 158 valence electrons. The van der Waals surface area contributed by atoms with Gasteiger partial charge in [0, 0.05) is 38.6 Å². The molecule has 1 aromatic carbocycles. The maximum Gasteiger partial charge on any atom is 0.191 e. The van der Waals surface area contributed by atoms with Gasteiger partial charge in [0.15, 0.2) is 5.96 Å². The van der Waals surface area contributed by atoms with Crippen LogP contribution in [0.5, 0.6) is 0 Å². The van der Waals surface area contributed by atoms with E-state index >= 15 is 0 Å². The predicted octanol–water partition coefficient (Wildman–Crippen LogP) is 2.92. The Kier molecular flexibility index (Phi) is 10.0. The molecule has 0 radical (unpaired) electrons. The van der Waals surface area contributed by atoms with Gasteiger partial charge in [-0.3, -0.25) is 4.99 Å². The van der Waals surface area contributed by atoms with E-state index in [1.807, 2.05) is 7.05 Å². The first-order chi connectivity index (χ1) is 13.2. The number of hydrogen-bond acceptors (Lipinski definition) is 3. The summed E-state index contributed by atoms with van der Waals surface area (Å²) in [5, 5.41) is 7.09. The highest BCUT2D eigenvalue weighted by molar-refractivity contribution is 14.0. The van der Waals surface area contributed by atoms with Crippen LogP contribution in [0.4, 0.5) is 0 Å². The molecule has 1 aliphatic carbocycles. The van der Waals surface area contributed by atoms with E-state index in [4.69, 9.17) is 0 Å². The SMILES string of the molecule is CN=C(NCCCN1CCCN(C)CC1)NCC1(c2ccccc2)CCC1.I. The van der Waals surface area contributed by atoms with Crippen molar-refractivity contribution in [3.05, 3.63) is 35.9 Å². The van der Waals surface area contributed by atoms with E-state index in [2.05, 4.69) is 62.8 Å². The third kappa shape index (κ3) is 6.59. The topological polar surface area (TPSA) is 42.9 Å². The quantitative estimate of drug-likeness (QED) is 0.262. The Labute approximate surface area is 188 Å². The Morgan fingerprint density at radius 1 is 1.04 bits per heavy atom. The van der Waals surface area contributed by atoms with Gasteiger partial charge in [-0.25, -0.2) is 0 Å². The Balaban J connectivity index is 0.00000280. The minimum atomic E-state index is 0. The van der Waals surface area contributed by atoms with E-state index in [1.165, 1.54) is 64.0 Å². The summed E-state index contributed by atoms with van der Waals surface area (Å²) in [6.07, 6.45) is 6.31. The molecular weight excluding hydrogens is 461 g/mol. The first-order valence-electron chi connectivity index (χ1n) is 10.6. The van der Waals surface area contributed by atoms with Crippen molar-refractivity contribution < 1.29 is 0 Å². The van der Waals surface area contributed by atoms with Crippen LogP contribution in [0, 0.1) is 0 Å². The lowest BCUT2D eigenvalue weighted by molar-refractivity contribution is 0.243. The van der Waals surface area contributed by atoms with Crippen molar-refractivity contribution in [1.29, 1.82) is 0 Å². The second-order valence-corrected chi connectivity index (χ2v) is 8.20. The molecule has 0 unspecified atom stereocenters. The third-order valence-electron chi connectivity index (χ3n) is 6.27. The number of nitrogens with zero attached hydrogens (tertiary/aromatic N) is 3. The van der Waals surface area contributed by atoms with Crippen molar-refractivity contribution in [3.8, 4) is 0 Å². The fourth-order valence-electron chi connectivity index (χ4n) is 4.27. The first-order valence-corrected chi connectivity index (χ1v) is 10.6. The minimum Gasteiger partial charge on any atom is -0.356 e. The van der Waals surface area contributed by atoms with Gasteiger partial charge in [0.2, 0.25) is 0 Å². The normalized spacial score (nSPS) is 20.6. The summed E-state index contributed by atoms with van der Waals surface area (Å²) in [6.45, 7) is 7.97. The van der Waals surface area contributed by atoms with Crippen LogP contribution in [0.25, 0.3) is 0 Å². The molecule has 28 heavy (non-hydrogen) atoms. The van der Waals surface area contributed by atoms with Gasteiger partial charge in [-0.05, 0) is 57.9 Å². The molecular formula is C22H38IN5. The van der Waals surface area contributed by atoms with Crippen molar-refractivity contribution in [2.75, 3.05) is 59.9 Å². The Morgan fingerprint density at radius 2 is 1.82 bits per heavy atom. The highest BCUT2D eigenvalue weighted by Gasteiger charge is 2.38. The summed E-state index contributed by atoms with van der Waals surface area (Å²) in [4.78, 5) is 9.46. The molecule has 0 bridgehead atoms. The lowest BCUT2D eigenvalue weighted by Crippen LogP contribution is -2.49. The number of rotatable bonds is 7. The van der Waals surface area contributed by atoms with Crippen molar-refractivity contribution in [2.24, 2.45) is 4.99 Å². The van der Waals surface area contributed by atoms with E-state index < -0.39 is 0 Å². The van der Waals surface area contributed by atoms with E-state index in [0.717, 1.165) is 25.5 Å². The monoisotopic (exact) mass is 499 g/mol. The van der Waals surface area contributed by atoms with Crippen molar-refractivity contribution in [2.45, 2.75) is 37.5 Å². The average Bonchev–Trinajstić information content (AvgIpc) is 2.87. The zero-order valence-electron chi connectivity index (χ0n) is 17.6. The van der Waals surface area contributed by atoms with Crippen LogP contribution in [0.3, 0.4) is 0 Å². The van der Waals surface area contributed by atoms with Crippen molar-refractivity contribution in [3.63, 3.8) is 0 Å². The molecule has 2 aliphatic rings. The standard InChI is InChI=1S/C22H37N5.HI/c1-23-21(24-13-7-15-27-16-8-14-26(2)17-18-27)25-19-22(11-6-12-22)20-9-4-3-5-10-20;/h3-5,9-10H,6-8,11-19H2,1-2H3,(H2,23,24,25);1H. The molecule has 0 spiro atoms. The second-order valence-electron chi connectivity index (χ2n) is 8.20. The highest BCUT2D eigenvalue weighted by atomic mass is 127. The van der Waals surface area contributed by atoms with Gasteiger partial charge in [0.05, 0.1) is 0 Å². The minimum absolute atomic E-state index is 0. The van der Waals surface area contributed by atoms with Crippen LogP contribution in [-0.4, -0.2) is 75.7 Å². The molecule has 0 amide bonds. The van der Waals surface area contributed by atoms with Crippen LogP contribution >= 0.6 is 24.0 Å². The number of halogens is 1. The molecule has 1 saturated heterocycles. The van der Waals surface area contributed by atoms with Gasteiger partial charge < -0.3 is 20.4 Å². The van der Waals surface area contributed by atoms with Crippen LogP contribution in [0.1, 0.15) is 37.7 Å². The van der Waals surface area contributed by atoms with E-state index in [-0.39, 0.29) is 29.4 Å². The number of guanidine groups is 1. The van der Waals surface area contributed by atoms with Crippen LogP contribution in [-0.2, 0) is 5.41 Å². The zero-order chi connectivity index (χ0) is 19.0. The van der Waals surface area contributed by atoms with Crippen LogP contribution < -0.4 is 10.6 Å². The molecule has 2 fully saturated rings. The summed E-state index contributed by atoms with van der Waals surface area (Å²) in [5.41, 5.74) is 1.75. The highest BCUT2D eigenvalue weighted by Crippen LogP contribution is 2.43. The predicted molar refractivity (Wildman–Crippen MR) is 130 cm³/mol. The lowest BCUT2D eigenvalue weighted by atomic mass is 9.64. The molecule has 5 nitrogen and oxygen atoms in total. The number of likely N-dealkylation sites (N-methyl/N-ethyl adjacent to an activating group) is 1. The molecule has 0 aromatic heterocycles. The van der Waals surface area contributed by atoms with Gasteiger partial charge in [-0.2, -0.15) is 0 Å². The summed E-state index contributed by atoms with van der Waals surface area (Å²) in [6, 6.07) is 11.0. The molecule has 2 N–H and O–H groups in total. The Morgan fingerprint density at radius 3 is 2.50 bits per heavy atom. The fraction of sp³-hybridized carbons (Fsp3) is 0.682. The summed E-state index contributed by atoms with van der Waals surface area (Å²) < 4.78 is 0. The smallest absolute Gasteiger partial charge is 0.191 e. The van der Waals surface area contributed by atoms with Crippen LogP contribution in [0.2, 0.25) is 0 Å². The van der Waals surface area contributed by atoms with E-state index in [9.17, 15) is 0 Å². The Bertz CT molecular complexity index is 588. The van der Waals surface area contributed by atoms with E-state index in [1.54, 1.807) is 0 Å². The summed E-state index contributed by atoms with van der Waals surface area (Å²) in [7, 11) is 4.10. The summed E-state index contributed by atoms with van der Waals surface area (Å²) in [5.74, 6) is 0.938. The van der Waals surface area contributed by atoms with Crippen molar-refractivity contribution in [1.82, 2.24) is 20.4 Å². The maximum atomic E-state index is 4.43. The molecule has 1 saturated carbocycles. The number of hydrogen-bond donors (Lipinski definition) is 2. The first kappa shape index (κ1) is 23.4. The van der Waals surface area contributed by atoms with Gasteiger partial charge in [0.25, 0.3) is 0 Å². The maximum absolute atomic E-state index is 4.43. The van der Waals surface area contributed by atoms with Gasteiger partial charge >= 0.3 is 0 Å². The average molecular weight is 499 g/mol. The van der Waals surface area contributed by atoms with Gasteiger partial charge in [-0.1, -0.05) is 36.8 Å². The van der Waals surface area contributed by atoms with E-state index in [0.29, 0.717) is 0 Å². The zero-order valence-corrected chi connectivity index (χ0v) is 20.0. The second kappa shape index (κ2) is 12.0. The van der Waals surface area contributed by atoms with Gasteiger partial charge in [0.1, 0.15) is 0 Å². The lowest BCUT2D eigenvalue weighted by Gasteiger charge is -2.43. The Hall–Kier alpha value is -0.860. The largest absolute Gasteiger partial charge is 0.356 e. The van der Waals surface area contributed by atoms with Crippen molar-refractivity contribution >= 4 is 29.9 Å². The molecule has 3 rings (SSSR count). The molecule has 6 heteroatoms. The molecule has 1 heterocycles. The molecule has 1 aliphatic heterocycles. The molecule has 0 atom stereocenters. The number of aliphatic imine (C=N–C) groups is 1. The molecule has 1 aromatic rings. The number of nitrogens with one attached hydrogen (secondary N) is 2. The summed E-state index contributed by atoms with van der Waals surface area (Å²) >= 11 is 0. The third-order valence-corrected chi connectivity index (χ3v) is 6.27.